The highest BCUT2D eigenvalue weighted by Gasteiger charge is 2.16. The van der Waals surface area contributed by atoms with Crippen molar-refractivity contribution in [3.8, 4) is 23.0 Å². The highest BCUT2D eigenvalue weighted by Crippen LogP contribution is 2.28. The summed E-state index contributed by atoms with van der Waals surface area (Å²) < 4.78 is 22.9. The lowest BCUT2D eigenvalue weighted by atomic mass is 10.2. The van der Waals surface area contributed by atoms with Crippen LogP contribution < -0.4 is 19.6 Å². The first-order chi connectivity index (χ1) is 14.9. The highest BCUT2D eigenvalue weighted by molar-refractivity contribution is 9.10. The normalized spacial score (nSPS) is 10.7. The quantitative estimate of drug-likeness (QED) is 0.262. The van der Waals surface area contributed by atoms with Gasteiger partial charge in [0, 0.05) is 10.5 Å². The zero-order valence-corrected chi connectivity index (χ0v) is 18.3. The molecule has 6 nitrogen and oxygen atoms in total. The summed E-state index contributed by atoms with van der Waals surface area (Å²) in [6.45, 7) is 1.64. The first-order valence-corrected chi connectivity index (χ1v) is 10.1. The number of carbonyl (C=O) groups is 1. The number of methoxy groups -OCH3 is 1. The van der Waals surface area contributed by atoms with Crippen molar-refractivity contribution in [3.63, 3.8) is 0 Å². The summed E-state index contributed by atoms with van der Waals surface area (Å²) in [6, 6.07) is 18.3. The molecule has 0 aliphatic carbocycles. The van der Waals surface area contributed by atoms with Crippen LogP contribution in [0.1, 0.15) is 16.1 Å². The fourth-order valence-corrected chi connectivity index (χ4v) is 3.23. The van der Waals surface area contributed by atoms with Gasteiger partial charge in [0.05, 0.1) is 18.1 Å². The fourth-order valence-electron chi connectivity index (χ4n) is 2.96. The Labute approximate surface area is 186 Å². The van der Waals surface area contributed by atoms with E-state index in [0.717, 1.165) is 4.47 Å². The lowest BCUT2D eigenvalue weighted by Crippen LogP contribution is -2.10. The summed E-state index contributed by atoms with van der Waals surface area (Å²) in [5, 5.41) is 0.317. The van der Waals surface area contributed by atoms with E-state index in [1.807, 2.05) is 0 Å². The third-order valence-electron chi connectivity index (χ3n) is 4.56. The van der Waals surface area contributed by atoms with Crippen molar-refractivity contribution in [1.82, 2.24) is 0 Å². The molecule has 7 heteroatoms. The van der Waals surface area contributed by atoms with Gasteiger partial charge in [-0.05, 0) is 67.6 Å². The molecule has 0 spiro atoms. The van der Waals surface area contributed by atoms with Crippen molar-refractivity contribution >= 4 is 32.9 Å². The molecule has 1 aromatic heterocycles. The van der Waals surface area contributed by atoms with Crippen LogP contribution in [-0.2, 0) is 0 Å². The molecule has 4 rings (SSSR count). The maximum absolute atomic E-state index is 12.9. The van der Waals surface area contributed by atoms with Gasteiger partial charge in [-0.15, -0.1) is 0 Å². The van der Waals surface area contributed by atoms with E-state index in [2.05, 4.69) is 15.9 Å². The van der Waals surface area contributed by atoms with Crippen molar-refractivity contribution < 1.29 is 23.4 Å². The monoisotopic (exact) mass is 480 g/mol. The summed E-state index contributed by atoms with van der Waals surface area (Å²) in [6.07, 6.45) is 0. The number of hydrogen-bond donors (Lipinski definition) is 0. The topological polar surface area (TPSA) is 75.0 Å². The molecule has 4 aromatic rings. The SMILES string of the molecule is COc1ccc(Oc2c(C)oc3cc(OC(=O)c4ccc(Br)cc4)ccc3c2=O)cc1. The summed E-state index contributed by atoms with van der Waals surface area (Å²) in [4.78, 5) is 25.3. The Morgan fingerprint density at radius 3 is 2.23 bits per heavy atom. The molecule has 0 aliphatic rings. The number of carbonyl (C=O) groups excluding carboxylic acids is 1. The maximum Gasteiger partial charge on any atom is 0.343 e. The Morgan fingerprint density at radius 1 is 0.903 bits per heavy atom. The van der Waals surface area contributed by atoms with Crippen LogP contribution in [0.3, 0.4) is 0 Å². The molecular weight excluding hydrogens is 464 g/mol. The van der Waals surface area contributed by atoms with Crippen LogP contribution >= 0.6 is 15.9 Å². The van der Waals surface area contributed by atoms with E-state index in [4.69, 9.17) is 18.6 Å². The molecule has 0 N–H and O–H groups in total. The lowest BCUT2D eigenvalue weighted by molar-refractivity contribution is 0.0735. The Hall–Kier alpha value is -3.58. The van der Waals surface area contributed by atoms with Crippen LogP contribution in [0, 0.1) is 6.92 Å². The van der Waals surface area contributed by atoms with Gasteiger partial charge in [-0.1, -0.05) is 15.9 Å². The Kier molecular flexibility index (Phi) is 5.77. The minimum Gasteiger partial charge on any atom is -0.497 e. The molecule has 3 aromatic carbocycles. The molecule has 0 fully saturated rings. The Morgan fingerprint density at radius 2 is 1.55 bits per heavy atom. The van der Waals surface area contributed by atoms with E-state index in [1.165, 1.54) is 6.07 Å². The highest BCUT2D eigenvalue weighted by atomic mass is 79.9. The molecule has 31 heavy (non-hydrogen) atoms. The van der Waals surface area contributed by atoms with Gasteiger partial charge in [0.2, 0.25) is 11.2 Å². The third kappa shape index (κ3) is 4.46. The van der Waals surface area contributed by atoms with Gasteiger partial charge < -0.3 is 18.6 Å². The molecule has 0 saturated heterocycles. The summed E-state index contributed by atoms with van der Waals surface area (Å²) >= 11 is 3.33. The van der Waals surface area contributed by atoms with Crippen molar-refractivity contribution in [3.05, 3.63) is 92.7 Å². The number of fused-ring (bicyclic) bond motifs is 1. The largest absolute Gasteiger partial charge is 0.497 e. The minimum absolute atomic E-state index is 0.0947. The van der Waals surface area contributed by atoms with Crippen LogP contribution in [0.5, 0.6) is 23.0 Å². The second kappa shape index (κ2) is 8.65. The van der Waals surface area contributed by atoms with Crippen molar-refractivity contribution in [2.24, 2.45) is 0 Å². The minimum atomic E-state index is -0.509. The zero-order valence-electron chi connectivity index (χ0n) is 16.7. The van der Waals surface area contributed by atoms with Crippen LogP contribution in [0.15, 0.2) is 80.4 Å². The number of benzene rings is 3. The maximum atomic E-state index is 12.9. The van der Waals surface area contributed by atoms with Crippen LogP contribution in [0.4, 0.5) is 0 Å². The number of hydrogen-bond acceptors (Lipinski definition) is 6. The van der Waals surface area contributed by atoms with E-state index in [9.17, 15) is 9.59 Å². The first kappa shape index (κ1) is 20.7. The summed E-state index contributed by atoms with van der Waals surface area (Å²) in [5.41, 5.74) is 0.384. The smallest absolute Gasteiger partial charge is 0.343 e. The zero-order chi connectivity index (χ0) is 22.0. The van der Waals surface area contributed by atoms with Crippen LogP contribution in [0.2, 0.25) is 0 Å². The Balaban J connectivity index is 1.62. The van der Waals surface area contributed by atoms with E-state index < -0.39 is 5.97 Å². The third-order valence-corrected chi connectivity index (χ3v) is 5.09. The van der Waals surface area contributed by atoms with Gasteiger partial charge in [0.1, 0.15) is 28.6 Å². The van der Waals surface area contributed by atoms with Crippen LogP contribution in [0.25, 0.3) is 11.0 Å². The van der Waals surface area contributed by atoms with Crippen molar-refractivity contribution in [2.75, 3.05) is 7.11 Å². The predicted molar refractivity (Wildman–Crippen MR) is 119 cm³/mol. The van der Waals surface area contributed by atoms with Gasteiger partial charge in [0.15, 0.2) is 0 Å². The molecule has 0 radical (unpaired) electrons. The van der Waals surface area contributed by atoms with E-state index in [0.29, 0.717) is 33.8 Å². The molecule has 1 heterocycles. The number of halogens is 1. The number of rotatable bonds is 5. The van der Waals surface area contributed by atoms with Crippen LogP contribution in [-0.4, -0.2) is 13.1 Å². The summed E-state index contributed by atoms with van der Waals surface area (Å²) in [7, 11) is 1.57. The average molecular weight is 481 g/mol. The fraction of sp³-hybridized carbons (Fsp3) is 0.0833. The standard InChI is InChI=1S/C24H17BrO6/c1-14-23(30-18-9-7-17(28-2)8-10-18)22(26)20-12-11-19(13-21(20)29-14)31-24(27)15-3-5-16(25)6-4-15/h3-13H,1-2H3. The summed E-state index contributed by atoms with van der Waals surface area (Å²) in [5.74, 6) is 1.33. The second-order valence-corrected chi connectivity index (χ2v) is 7.56. The van der Waals surface area contributed by atoms with E-state index in [-0.39, 0.29) is 16.9 Å². The van der Waals surface area contributed by atoms with Gasteiger partial charge in [-0.25, -0.2) is 4.79 Å². The molecule has 0 unspecified atom stereocenters. The molecule has 0 amide bonds. The van der Waals surface area contributed by atoms with Gasteiger partial charge in [-0.2, -0.15) is 0 Å². The molecule has 0 bridgehead atoms. The predicted octanol–water partition coefficient (Wildman–Crippen LogP) is 5.88. The van der Waals surface area contributed by atoms with Gasteiger partial charge >= 0.3 is 5.97 Å². The van der Waals surface area contributed by atoms with Gasteiger partial charge in [0.25, 0.3) is 0 Å². The number of ether oxygens (including phenoxy) is 3. The average Bonchev–Trinajstić information content (AvgIpc) is 2.77. The van der Waals surface area contributed by atoms with Crippen molar-refractivity contribution in [2.45, 2.75) is 6.92 Å². The molecule has 0 atom stereocenters. The van der Waals surface area contributed by atoms with Crippen molar-refractivity contribution in [1.29, 1.82) is 0 Å². The molecule has 0 saturated carbocycles. The molecule has 0 aliphatic heterocycles. The van der Waals surface area contributed by atoms with E-state index in [1.54, 1.807) is 74.7 Å². The van der Waals surface area contributed by atoms with Gasteiger partial charge in [-0.3, -0.25) is 4.79 Å². The Bertz CT molecular complexity index is 1310. The number of esters is 1. The van der Waals surface area contributed by atoms with E-state index >= 15 is 0 Å². The first-order valence-electron chi connectivity index (χ1n) is 9.32. The number of aryl methyl sites for hydroxylation is 1. The molecule has 156 valence electrons. The lowest BCUT2D eigenvalue weighted by Gasteiger charge is -2.10. The second-order valence-electron chi connectivity index (χ2n) is 6.65. The molecular formula is C24H17BrO6.